The van der Waals surface area contributed by atoms with Crippen molar-refractivity contribution in [2.75, 3.05) is 25.0 Å². The van der Waals surface area contributed by atoms with Gasteiger partial charge >= 0.3 is 6.03 Å². The van der Waals surface area contributed by atoms with E-state index in [1.807, 2.05) is 30.3 Å². The number of carbonyl (C=O) groups excluding carboxylic acids is 2. The third-order valence-electron chi connectivity index (χ3n) is 5.50. The number of para-hydroxylation sites is 1. The number of hydrogen-bond donors (Lipinski definition) is 2. The molecule has 2 atom stereocenters. The maximum Gasteiger partial charge on any atom is 0.321 e. The normalized spacial score (nSPS) is 22.3. The lowest BCUT2D eigenvalue weighted by molar-refractivity contribution is -0.127. The van der Waals surface area contributed by atoms with E-state index in [9.17, 15) is 9.59 Å². The van der Waals surface area contributed by atoms with Gasteiger partial charge in [0.15, 0.2) is 6.61 Å². The molecule has 3 rings (SSSR count). The SMILES string of the molecule is CC1CCCCC1NC(=O)CON=C1CCN(C(=O)Nc2ccccc2)CC1. The first-order valence-corrected chi connectivity index (χ1v) is 10.2. The fourth-order valence-corrected chi connectivity index (χ4v) is 3.74. The summed E-state index contributed by atoms with van der Waals surface area (Å²) in [4.78, 5) is 31.4. The van der Waals surface area contributed by atoms with E-state index in [0.717, 1.165) is 17.8 Å². The monoisotopic (exact) mass is 386 g/mol. The Bertz CT molecular complexity index is 682. The van der Waals surface area contributed by atoms with Crippen molar-refractivity contribution in [1.82, 2.24) is 10.2 Å². The Morgan fingerprint density at radius 3 is 2.57 bits per heavy atom. The average molecular weight is 386 g/mol. The van der Waals surface area contributed by atoms with Crippen LogP contribution >= 0.6 is 0 Å². The van der Waals surface area contributed by atoms with Crippen LogP contribution < -0.4 is 10.6 Å². The molecule has 0 spiro atoms. The van der Waals surface area contributed by atoms with Crippen LogP contribution in [-0.4, -0.2) is 48.3 Å². The number of carbonyl (C=O) groups is 2. The molecule has 1 saturated carbocycles. The van der Waals surface area contributed by atoms with Crippen LogP contribution in [0.25, 0.3) is 0 Å². The van der Waals surface area contributed by atoms with Crippen LogP contribution in [0.1, 0.15) is 45.4 Å². The fraction of sp³-hybridized carbons (Fsp3) is 0.571. The Hall–Kier alpha value is -2.57. The van der Waals surface area contributed by atoms with Crippen molar-refractivity contribution in [2.24, 2.45) is 11.1 Å². The summed E-state index contributed by atoms with van der Waals surface area (Å²) < 4.78 is 0. The van der Waals surface area contributed by atoms with Crippen LogP contribution in [0.15, 0.2) is 35.5 Å². The summed E-state index contributed by atoms with van der Waals surface area (Å²) in [5.74, 6) is 0.415. The molecule has 1 aliphatic carbocycles. The molecule has 7 heteroatoms. The predicted octanol–water partition coefficient (Wildman–Crippen LogP) is 3.38. The van der Waals surface area contributed by atoms with Crippen LogP contribution in [0.4, 0.5) is 10.5 Å². The molecule has 2 aliphatic rings. The molecule has 0 bridgehead atoms. The number of hydrogen-bond acceptors (Lipinski definition) is 4. The van der Waals surface area contributed by atoms with E-state index < -0.39 is 0 Å². The highest BCUT2D eigenvalue weighted by Gasteiger charge is 2.23. The summed E-state index contributed by atoms with van der Waals surface area (Å²) >= 11 is 0. The Labute approximate surface area is 166 Å². The number of anilines is 1. The maximum absolute atomic E-state index is 12.3. The second kappa shape index (κ2) is 10.1. The molecule has 1 heterocycles. The number of amides is 3. The number of urea groups is 1. The van der Waals surface area contributed by atoms with Gasteiger partial charge in [0.2, 0.25) is 0 Å². The van der Waals surface area contributed by atoms with Crippen molar-refractivity contribution in [3.05, 3.63) is 30.3 Å². The van der Waals surface area contributed by atoms with Crippen molar-refractivity contribution >= 4 is 23.3 Å². The van der Waals surface area contributed by atoms with Gasteiger partial charge in [-0.3, -0.25) is 4.79 Å². The number of likely N-dealkylation sites (tertiary alicyclic amines) is 1. The first-order valence-electron chi connectivity index (χ1n) is 10.2. The van der Waals surface area contributed by atoms with Gasteiger partial charge in [-0.05, 0) is 30.9 Å². The third kappa shape index (κ3) is 5.97. The highest BCUT2D eigenvalue weighted by molar-refractivity contribution is 5.92. The number of nitrogens with one attached hydrogen (secondary N) is 2. The van der Waals surface area contributed by atoms with Gasteiger partial charge in [0.25, 0.3) is 5.91 Å². The van der Waals surface area contributed by atoms with E-state index in [0.29, 0.717) is 31.8 Å². The van der Waals surface area contributed by atoms with Gasteiger partial charge in [0.05, 0.1) is 5.71 Å². The standard InChI is InChI=1S/C21H30N4O3/c1-16-7-5-6-10-19(16)23-20(26)15-28-24-18-11-13-25(14-12-18)21(27)22-17-8-3-2-4-9-17/h2-4,8-9,16,19H,5-7,10-15H2,1H3,(H,22,27)(H,23,26). The molecule has 0 aromatic heterocycles. The molecule has 152 valence electrons. The Balaban J connectivity index is 1.35. The molecule has 2 N–H and O–H groups in total. The molecular weight excluding hydrogens is 356 g/mol. The lowest BCUT2D eigenvalue weighted by Crippen LogP contribution is -2.42. The largest absolute Gasteiger partial charge is 0.386 e. The topological polar surface area (TPSA) is 83.0 Å². The third-order valence-corrected chi connectivity index (χ3v) is 5.50. The van der Waals surface area contributed by atoms with Crippen LogP contribution in [0, 0.1) is 5.92 Å². The smallest absolute Gasteiger partial charge is 0.321 e. The average Bonchev–Trinajstić information content (AvgIpc) is 2.71. The van der Waals surface area contributed by atoms with Crippen LogP contribution in [0.3, 0.4) is 0 Å². The van der Waals surface area contributed by atoms with E-state index in [1.165, 1.54) is 19.3 Å². The van der Waals surface area contributed by atoms with E-state index in [2.05, 4.69) is 22.7 Å². The first-order chi connectivity index (χ1) is 13.6. The lowest BCUT2D eigenvalue weighted by Gasteiger charge is -2.29. The van der Waals surface area contributed by atoms with Gasteiger partial charge in [0, 0.05) is 37.7 Å². The highest BCUT2D eigenvalue weighted by atomic mass is 16.6. The number of rotatable bonds is 5. The number of piperidine rings is 1. The zero-order valence-corrected chi connectivity index (χ0v) is 16.5. The summed E-state index contributed by atoms with van der Waals surface area (Å²) in [5, 5.41) is 10.1. The van der Waals surface area contributed by atoms with Gasteiger partial charge in [-0.15, -0.1) is 0 Å². The molecule has 3 amide bonds. The molecule has 2 unspecified atom stereocenters. The van der Waals surface area contributed by atoms with Gasteiger partial charge in [-0.1, -0.05) is 43.1 Å². The van der Waals surface area contributed by atoms with E-state index in [-0.39, 0.29) is 24.6 Å². The van der Waals surface area contributed by atoms with Crippen LogP contribution in [0.2, 0.25) is 0 Å². The minimum absolute atomic E-state index is 0.0507. The molecule has 1 saturated heterocycles. The summed E-state index contributed by atoms with van der Waals surface area (Å²) in [5.41, 5.74) is 1.68. The van der Waals surface area contributed by atoms with E-state index in [4.69, 9.17) is 4.84 Å². The van der Waals surface area contributed by atoms with Crippen molar-refractivity contribution in [1.29, 1.82) is 0 Å². The molecule has 1 aliphatic heterocycles. The van der Waals surface area contributed by atoms with Crippen molar-refractivity contribution in [2.45, 2.75) is 51.5 Å². The van der Waals surface area contributed by atoms with Crippen molar-refractivity contribution < 1.29 is 14.4 Å². The maximum atomic E-state index is 12.3. The Morgan fingerprint density at radius 1 is 1.14 bits per heavy atom. The van der Waals surface area contributed by atoms with Crippen LogP contribution in [0.5, 0.6) is 0 Å². The second-order valence-electron chi connectivity index (χ2n) is 7.65. The molecule has 7 nitrogen and oxygen atoms in total. The minimum atomic E-state index is -0.109. The lowest BCUT2D eigenvalue weighted by atomic mass is 9.86. The predicted molar refractivity (Wildman–Crippen MR) is 109 cm³/mol. The first kappa shape index (κ1) is 20.2. The number of nitrogens with zero attached hydrogens (tertiary/aromatic N) is 2. The van der Waals surface area contributed by atoms with Gasteiger partial charge in [-0.25, -0.2) is 4.79 Å². The number of oxime groups is 1. The Kier molecular flexibility index (Phi) is 7.28. The van der Waals surface area contributed by atoms with Crippen molar-refractivity contribution in [3.63, 3.8) is 0 Å². The summed E-state index contributed by atoms with van der Waals surface area (Å²) in [7, 11) is 0. The van der Waals surface area contributed by atoms with Crippen LogP contribution in [-0.2, 0) is 9.63 Å². The van der Waals surface area contributed by atoms with Gasteiger partial charge in [0.1, 0.15) is 0 Å². The fourth-order valence-electron chi connectivity index (χ4n) is 3.74. The summed E-state index contributed by atoms with van der Waals surface area (Å²) in [6, 6.07) is 9.56. The molecule has 1 aromatic rings. The zero-order valence-electron chi connectivity index (χ0n) is 16.5. The second-order valence-corrected chi connectivity index (χ2v) is 7.65. The summed E-state index contributed by atoms with van der Waals surface area (Å²) in [6.07, 6.45) is 5.95. The zero-order chi connectivity index (χ0) is 19.8. The number of benzene rings is 1. The summed E-state index contributed by atoms with van der Waals surface area (Å²) in [6.45, 7) is 3.32. The molecule has 0 radical (unpaired) electrons. The quantitative estimate of drug-likeness (QED) is 0.761. The van der Waals surface area contributed by atoms with E-state index >= 15 is 0 Å². The Morgan fingerprint density at radius 2 is 1.86 bits per heavy atom. The van der Waals surface area contributed by atoms with Gasteiger partial charge < -0.3 is 20.4 Å². The minimum Gasteiger partial charge on any atom is -0.386 e. The molecule has 28 heavy (non-hydrogen) atoms. The molecular formula is C21H30N4O3. The van der Waals surface area contributed by atoms with E-state index in [1.54, 1.807) is 4.90 Å². The highest BCUT2D eigenvalue weighted by Crippen LogP contribution is 2.23. The van der Waals surface area contributed by atoms with Gasteiger partial charge in [-0.2, -0.15) is 0 Å². The molecule has 1 aromatic carbocycles. The molecule has 2 fully saturated rings. The van der Waals surface area contributed by atoms with Crippen molar-refractivity contribution in [3.8, 4) is 0 Å².